The minimum atomic E-state index is -1.01. The second kappa shape index (κ2) is 8.49. The molecular formula is C21H21N3O4. The predicted molar refractivity (Wildman–Crippen MR) is 106 cm³/mol. The highest BCUT2D eigenvalue weighted by atomic mass is 16.5. The number of nitrogens with zero attached hydrogens (tertiary/aromatic N) is 2. The van der Waals surface area contributed by atoms with Gasteiger partial charge in [0.25, 0.3) is 11.5 Å². The van der Waals surface area contributed by atoms with Crippen LogP contribution in [0.3, 0.4) is 0 Å². The fourth-order valence-electron chi connectivity index (χ4n) is 2.95. The van der Waals surface area contributed by atoms with Gasteiger partial charge in [-0.1, -0.05) is 42.5 Å². The summed E-state index contributed by atoms with van der Waals surface area (Å²) in [5, 5.41) is 15.1. The van der Waals surface area contributed by atoms with Crippen LogP contribution in [-0.2, 0) is 13.0 Å². The number of allylic oxidation sites excluding steroid dienone is 1. The zero-order chi connectivity index (χ0) is 20.1. The zero-order valence-corrected chi connectivity index (χ0v) is 15.2. The number of carbonyl (C=O) groups is 1. The van der Waals surface area contributed by atoms with Crippen LogP contribution in [0.5, 0.6) is 5.75 Å². The monoisotopic (exact) mass is 379 g/mol. The first kappa shape index (κ1) is 19.3. The lowest BCUT2D eigenvalue weighted by atomic mass is 10.1. The van der Waals surface area contributed by atoms with Crippen LogP contribution in [0.4, 0.5) is 0 Å². The summed E-state index contributed by atoms with van der Waals surface area (Å²) in [6.07, 6.45) is 1.39. The standard InChI is InChI=1S/C21H21N3O4/c1-2-7-14-8-3-6-11-18(14)28-13-15(25)12-24-21(27)17-10-5-4-9-16(17)19(23-24)20(22)26/h2-6,8-11,15,25H,1,7,12-13H2,(H2,22,26)/t15-/m1/s1. The van der Waals surface area contributed by atoms with Gasteiger partial charge in [0, 0.05) is 5.39 Å². The highest BCUT2D eigenvalue weighted by Gasteiger charge is 2.16. The van der Waals surface area contributed by atoms with E-state index in [0.717, 1.165) is 10.2 Å². The number of aliphatic hydroxyl groups excluding tert-OH is 1. The number of primary amides is 1. The smallest absolute Gasteiger partial charge is 0.274 e. The molecule has 0 spiro atoms. The summed E-state index contributed by atoms with van der Waals surface area (Å²) in [7, 11) is 0. The summed E-state index contributed by atoms with van der Waals surface area (Å²) >= 11 is 0. The molecule has 0 radical (unpaired) electrons. The topological polar surface area (TPSA) is 107 Å². The summed E-state index contributed by atoms with van der Waals surface area (Å²) in [5.41, 5.74) is 5.92. The Bertz CT molecular complexity index is 1070. The van der Waals surface area contributed by atoms with Gasteiger partial charge in [0.2, 0.25) is 0 Å². The molecule has 0 fully saturated rings. The van der Waals surface area contributed by atoms with Crippen molar-refractivity contribution < 1.29 is 14.6 Å². The number of aromatic nitrogens is 2. The van der Waals surface area contributed by atoms with Crippen molar-refractivity contribution in [3.63, 3.8) is 0 Å². The third-order valence-corrected chi connectivity index (χ3v) is 4.25. The van der Waals surface area contributed by atoms with Crippen molar-refractivity contribution in [3.8, 4) is 5.75 Å². The van der Waals surface area contributed by atoms with Crippen LogP contribution in [0, 0.1) is 0 Å². The lowest BCUT2D eigenvalue weighted by Gasteiger charge is -2.16. The molecule has 144 valence electrons. The molecule has 1 aromatic heterocycles. The quantitative estimate of drug-likeness (QED) is 0.579. The molecular weight excluding hydrogens is 358 g/mol. The Hall–Kier alpha value is -3.45. The number of nitrogens with two attached hydrogens (primary N) is 1. The summed E-state index contributed by atoms with van der Waals surface area (Å²) < 4.78 is 6.74. The molecule has 0 aliphatic rings. The van der Waals surface area contributed by atoms with Crippen molar-refractivity contribution in [2.45, 2.75) is 19.1 Å². The third kappa shape index (κ3) is 4.10. The number of aliphatic hydroxyl groups is 1. The predicted octanol–water partition coefficient (Wildman–Crippen LogP) is 1.66. The molecule has 1 amide bonds. The van der Waals surface area contributed by atoms with Crippen molar-refractivity contribution in [2.75, 3.05) is 6.61 Å². The van der Waals surface area contributed by atoms with Crippen molar-refractivity contribution in [1.82, 2.24) is 9.78 Å². The van der Waals surface area contributed by atoms with E-state index in [2.05, 4.69) is 11.7 Å². The van der Waals surface area contributed by atoms with Crippen molar-refractivity contribution in [1.29, 1.82) is 0 Å². The van der Waals surface area contributed by atoms with Crippen molar-refractivity contribution in [2.24, 2.45) is 5.73 Å². The maximum absolute atomic E-state index is 12.6. The Balaban J connectivity index is 1.81. The number of hydrogen-bond acceptors (Lipinski definition) is 5. The van der Waals surface area contributed by atoms with Crippen LogP contribution >= 0.6 is 0 Å². The number of hydrogen-bond donors (Lipinski definition) is 2. The minimum absolute atomic E-state index is 0.0142. The molecule has 28 heavy (non-hydrogen) atoms. The van der Waals surface area contributed by atoms with E-state index in [4.69, 9.17) is 10.5 Å². The molecule has 7 nitrogen and oxygen atoms in total. The molecule has 3 aromatic rings. The highest BCUT2D eigenvalue weighted by molar-refractivity contribution is 6.03. The van der Waals surface area contributed by atoms with Gasteiger partial charge >= 0.3 is 0 Å². The molecule has 0 aliphatic heterocycles. The van der Waals surface area contributed by atoms with Gasteiger partial charge in [-0.15, -0.1) is 6.58 Å². The Morgan fingerprint density at radius 3 is 2.61 bits per heavy atom. The largest absolute Gasteiger partial charge is 0.491 e. The van der Waals surface area contributed by atoms with E-state index < -0.39 is 17.6 Å². The number of ether oxygens (including phenoxy) is 1. The van der Waals surface area contributed by atoms with Crippen LogP contribution in [-0.4, -0.2) is 33.5 Å². The average Bonchev–Trinajstić information content (AvgIpc) is 2.69. The zero-order valence-electron chi connectivity index (χ0n) is 15.2. The van der Waals surface area contributed by atoms with E-state index in [-0.39, 0.29) is 18.8 Å². The number of carbonyl (C=O) groups excluding carboxylic acids is 1. The Labute approximate surface area is 161 Å². The SMILES string of the molecule is C=CCc1ccccc1OC[C@H](O)Cn1nc(C(N)=O)c2ccccc2c1=O. The van der Waals surface area contributed by atoms with Gasteiger partial charge in [-0.2, -0.15) is 5.10 Å². The number of benzene rings is 2. The Kier molecular flexibility index (Phi) is 5.86. The Morgan fingerprint density at radius 2 is 1.89 bits per heavy atom. The van der Waals surface area contributed by atoms with E-state index in [0.29, 0.717) is 22.9 Å². The lowest BCUT2D eigenvalue weighted by Crippen LogP contribution is -2.34. The maximum atomic E-state index is 12.6. The van der Waals surface area contributed by atoms with Gasteiger partial charge in [-0.05, 0) is 24.1 Å². The van der Waals surface area contributed by atoms with E-state index in [1.807, 2.05) is 18.2 Å². The van der Waals surface area contributed by atoms with Crippen LogP contribution in [0.15, 0.2) is 66.0 Å². The lowest BCUT2D eigenvalue weighted by molar-refractivity contribution is 0.0867. The average molecular weight is 379 g/mol. The normalized spacial score (nSPS) is 11.9. The summed E-state index contributed by atoms with van der Waals surface area (Å²) in [6.45, 7) is 3.54. The van der Waals surface area contributed by atoms with Gasteiger partial charge in [0.05, 0.1) is 11.9 Å². The summed E-state index contributed by atoms with van der Waals surface area (Å²) in [4.78, 5) is 24.4. The van der Waals surface area contributed by atoms with Gasteiger partial charge < -0.3 is 15.6 Å². The molecule has 1 atom stereocenters. The number of rotatable bonds is 8. The molecule has 3 N–H and O–H groups in total. The van der Waals surface area contributed by atoms with E-state index >= 15 is 0 Å². The van der Waals surface area contributed by atoms with Crippen LogP contribution in [0.25, 0.3) is 10.8 Å². The fourth-order valence-corrected chi connectivity index (χ4v) is 2.95. The highest BCUT2D eigenvalue weighted by Crippen LogP contribution is 2.19. The molecule has 0 aliphatic carbocycles. The fraction of sp³-hybridized carbons (Fsp3) is 0.190. The van der Waals surface area contributed by atoms with Gasteiger partial charge in [-0.25, -0.2) is 4.68 Å². The van der Waals surface area contributed by atoms with Gasteiger partial charge in [0.15, 0.2) is 5.69 Å². The minimum Gasteiger partial charge on any atom is -0.491 e. The molecule has 3 rings (SSSR count). The van der Waals surface area contributed by atoms with E-state index in [9.17, 15) is 14.7 Å². The number of fused-ring (bicyclic) bond motifs is 1. The van der Waals surface area contributed by atoms with Gasteiger partial charge in [-0.3, -0.25) is 9.59 Å². The van der Waals surface area contributed by atoms with Crippen LogP contribution < -0.4 is 16.0 Å². The van der Waals surface area contributed by atoms with Gasteiger partial charge in [0.1, 0.15) is 18.5 Å². The maximum Gasteiger partial charge on any atom is 0.274 e. The Morgan fingerprint density at radius 1 is 1.21 bits per heavy atom. The van der Waals surface area contributed by atoms with Crippen LogP contribution in [0.2, 0.25) is 0 Å². The summed E-state index contributed by atoms with van der Waals surface area (Å²) in [6, 6.07) is 14.0. The molecule has 0 saturated heterocycles. The molecule has 7 heteroatoms. The second-order valence-electron chi connectivity index (χ2n) is 6.31. The first-order chi connectivity index (χ1) is 13.5. The molecule has 0 saturated carbocycles. The van der Waals surface area contributed by atoms with E-state index in [1.54, 1.807) is 36.4 Å². The molecule has 1 heterocycles. The first-order valence-corrected chi connectivity index (χ1v) is 8.80. The third-order valence-electron chi connectivity index (χ3n) is 4.25. The number of para-hydroxylation sites is 1. The number of amides is 1. The van der Waals surface area contributed by atoms with Crippen molar-refractivity contribution in [3.05, 3.63) is 82.8 Å². The molecule has 0 bridgehead atoms. The molecule has 0 unspecified atom stereocenters. The van der Waals surface area contributed by atoms with Crippen molar-refractivity contribution >= 4 is 16.7 Å². The van der Waals surface area contributed by atoms with E-state index in [1.165, 1.54) is 0 Å². The second-order valence-corrected chi connectivity index (χ2v) is 6.31. The molecule has 2 aromatic carbocycles. The summed E-state index contributed by atoms with van der Waals surface area (Å²) in [5.74, 6) is -0.105. The first-order valence-electron chi connectivity index (χ1n) is 8.80. The van der Waals surface area contributed by atoms with Crippen LogP contribution in [0.1, 0.15) is 16.1 Å².